The number of hydrogen-bond donors (Lipinski definition) is 3. The van der Waals surface area contributed by atoms with Gasteiger partial charge in [-0.15, -0.1) is 0 Å². The van der Waals surface area contributed by atoms with Gasteiger partial charge in [-0.3, -0.25) is 9.59 Å². The molecule has 0 saturated heterocycles. The highest BCUT2D eigenvalue weighted by Gasteiger charge is 2.35. The maximum Gasteiger partial charge on any atom is 0.408 e. The predicted octanol–water partition coefficient (Wildman–Crippen LogP) is 4.12. The van der Waals surface area contributed by atoms with Gasteiger partial charge in [-0.05, 0) is 58.9 Å². The summed E-state index contributed by atoms with van der Waals surface area (Å²) in [6, 6.07) is 7.74. The number of ether oxygens (including phenoxy) is 3. The van der Waals surface area contributed by atoms with Gasteiger partial charge in [-0.2, -0.15) is 0 Å². The van der Waals surface area contributed by atoms with E-state index in [9.17, 15) is 19.2 Å². The topological polar surface area (TPSA) is 150 Å². The molecule has 2 aromatic rings. The second kappa shape index (κ2) is 15.0. The molecule has 2 atom stereocenters. The fourth-order valence-corrected chi connectivity index (χ4v) is 4.90. The van der Waals surface area contributed by atoms with E-state index < -0.39 is 41.1 Å². The van der Waals surface area contributed by atoms with Crippen molar-refractivity contribution in [3.63, 3.8) is 0 Å². The van der Waals surface area contributed by atoms with Crippen LogP contribution >= 0.6 is 0 Å². The number of amides is 3. The summed E-state index contributed by atoms with van der Waals surface area (Å²) in [6.07, 6.45) is 7.35. The van der Waals surface area contributed by atoms with E-state index in [2.05, 4.69) is 20.9 Å². The van der Waals surface area contributed by atoms with Crippen LogP contribution in [0.3, 0.4) is 0 Å². The van der Waals surface area contributed by atoms with Crippen LogP contribution in [-0.2, 0) is 35.2 Å². The Balaban J connectivity index is 1.73. The first-order valence-corrected chi connectivity index (χ1v) is 14.6. The maximum atomic E-state index is 13.4. The van der Waals surface area contributed by atoms with E-state index in [4.69, 9.17) is 14.2 Å². The van der Waals surface area contributed by atoms with Crippen LogP contribution < -0.4 is 16.0 Å². The molecular formula is C31H45N5O7. The third-order valence-corrected chi connectivity index (χ3v) is 7.11. The molecule has 1 aliphatic rings. The summed E-state index contributed by atoms with van der Waals surface area (Å²) < 4.78 is 17.8. The smallest absolute Gasteiger partial charge is 0.408 e. The Morgan fingerprint density at radius 1 is 1.02 bits per heavy atom. The van der Waals surface area contributed by atoms with Crippen molar-refractivity contribution in [2.45, 2.75) is 96.6 Å². The summed E-state index contributed by atoms with van der Waals surface area (Å²) in [5, 5.41) is 7.96. The molecule has 3 rings (SSSR count). The average molecular weight is 600 g/mol. The van der Waals surface area contributed by atoms with Crippen LogP contribution in [0.25, 0.3) is 0 Å². The number of esters is 1. The number of rotatable bonds is 12. The van der Waals surface area contributed by atoms with Crippen LogP contribution in [0.5, 0.6) is 0 Å². The van der Waals surface area contributed by atoms with Gasteiger partial charge >= 0.3 is 12.1 Å². The molecule has 0 bridgehead atoms. The largest absolute Gasteiger partial charge is 0.467 e. The van der Waals surface area contributed by atoms with Crippen molar-refractivity contribution < 1.29 is 33.4 Å². The molecule has 0 spiro atoms. The lowest BCUT2D eigenvalue weighted by Gasteiger charge is -2.29. The van der Waals surface area contributed by atoms with Crippen LogP contribution in [0, 0.1) is 5.92 Å². The molecule has 1 saturated carbocycles. The summed E-state index contributed by atoms with van der Waals surface area (Å²) in [7, 11) is 1.36. The van der Waals surface area contributed by atoms with Crippen molar-refractivity contribution >= 4 is 29.7 Å². The standard InChI is InChI=1S/C31H45N5O7/c1-30(2,3)43-29(40)35-31(4,5)28(39)33-23(19-42-18-21-13-9-7-10-14-21)26(37)34-24-17-36(20-32-24)25(27(38)41-6)22-15-11-8-12-16-22/h7,9-10,13-14,17,20,22-23,25H,8,11-12,15-16,18-19H2,1-6H3,(H,33,39)(H,34,37)(H,35,40)/t23-,25?/m1/s1. The van der Waals surface area contributed by atoms with Crippen LogP contribution in [-0.4, -0.2) is 64.3 Å². The average Bonchev–Trinajstić information content (AvgIpc) is 3.39. The molecule has 1 aromatic heterocycles. The third-order valence-electron chi connectivity index (χ3n) is 7.11. The number of carbonyl (C=O) groups excluding carboxylic acids is 4. The van der Waals surface area contributed by atoms with Crippen molar-refractivity contribution in [1.82, 2.24) is 20.2 Å². The highest BCUT2D eigenvalue weighted by Crippen LogP contribution is 2.34. The highest BCUT2D eigenvalue weighted by molar-refractivity contribution is 5.98. The van der Waals surface area contributed by atoms with Gasteiger partial charge in [0, 0.05) is 6.20 Å². The zero-order chi connectivity index (χ0) is 31.6. The predicted molar refractivity (Wildman–Crippen MR) is 160 cm³/mol. The number of nitrogens with one attached hydrogen (secondary N) is 3. The second-order valence-corrected chi connectivity index (χ2v) is 12.3. The quantitative estimate of drug-likeness (QED) is 0.309. The minimum atomic E-state index is -1.41. The number of benzene rings is 1. The molecule has 0 aliphatic heterocycles. The number of alkyl carbamates (subject to hydrolysis) is 1. The van der Waals surface area contributed by atoms with Gasteiger partial charge in [0.15, 0.2) is 5.82 Å². The first-order chi connectivity index (χ1) is 20.3. The Morgan fingerprint density at radius 2 is 1.70 bits per heavy atom. The lowest BCUT2D eigenvalue weighted by molar-refractivity contribution is -0.146. The Morgan fingerprint density at radius 3 is 2.33 bits per heavy atom. The van der Waals surface area contributed by atoms with Crippen LogP contribution in [0.2, 0.25) is 0 Å². The maximum absolute atomic E-state index is 13.4. The summed E-state index contributed by atoms with van der Waals surface area (Å²) >= 11 is 0. The molecule has 1 fully saturated rings. The molecule has 3 N–H and O–H groups in total. The molecule has 0 radical (unpaired) electrons. The van der Waals surface area contributed by atoms with E-state index in [1.807, 2.05) is 30.3 Å². The van der Waals surface area contributed by atoms with Gasteiger partial charge in [-0.1, -0.05) is 49.6 Å². The van der Waals surface area contributed by atoms with Crippen molar-refractivity contribution in [1.29, 1.82) is 0 Å². The van der Waals surface area contributed by atoms with Gasteiger partial charge in [0.2, 0.25) is 5.91 Å². The van der Waals surface area contributed by atoms with Gasteiger partial charge in [0.1, 0.15) is 23.2 Å². The first-order valence-electron chi connectivity index (χ1n) is 14.6. The molecule has 236 valence electrons. The van der Waals surface area contributed by atoms with Gasteiger partial charge < -0.3 is 34.7 Å². The van der Waals surface area contributed by atoms with Crippen LogP contribution in [0.1, 0.15) is 78.3 Å². The van der Waals surface area contributed by atoms with E-state index in [1.165, 1.54) is 27.3 Å². The van der Waals surface area contributed by atoms with Crippen molar-refractivity contribution in [3.8, 4) is 0 Å². The fraction of sp³-hybridized carbons (Fsp3) is 0.581. The van der Waals surface area contributed by atoms with Gasteiger partial charge in [-0.25, -0.2) is 14.6 Å². The minimum absolute atomic E-state index is 0.108. The molecule has 1 aliphatic carbocycles. The molecule has 1 aromatic carbocycles. The number of anilines is 1. The zero-order valence-electron chi connectivity index (χ0n) is 26.0. The monoisotopic (exact) mass is 599 g/mol. The Kier molecular flexibility index (Phi) is 11.7. The van der Waals surface area contributed by atoms with Crippen LogP contribution in [0.4, 0.5) is 10.6 Å². The SMILES string of the molecule is COC(=O)C(C1CCCCC1)n1cnc(NC(=O)[C@@H](COCc2ccccc2)NC(=O)C(C)(C)NC(=O)OC(C)(C)C)c1. The molecule has 12 heteroatoms. The Hall–Kier alpha value is -3.93. The number of methoxy groups -OCH3 is 1. The van der Waals surface area contributed by atoms with Gasteiger partial charge in [0.05, 0.1) is 26.7 Å². The molecule has 12 nitrogen and oxygen atoms in total. The third kappa shape index (κ3) is 10.4. The van der Waals surface area contributed by atoms with E-state index >= 15 is 0 Å². The summed E-state index contributed by atoms with van der Waals surface area (Å²) in [4.78, 5) is 56.0. The minimum Gasteiger partial charge on any atom is -0.467 e. The van der Waals surface area contributed by atoms with Crippen molar-refractivity contribution in [2.75, 3.05) is 19.0 Å². The van der Waals surface area contributed by atoms with Crippen molar-refractivity contribution in [2.24, 2.45) is 5.92 Å². The molecule has 3 amide bonds. The Bertz CT molecular complexity index is 1230. The first kappa shape index (κ1) is 33.6. The highest BCUT2D eigenvalue weighted by atomic mass is 16.6. The second-order valence-electron chi connectivity index (χ2n) is 12.3. The number of hydrogen-bond acceptors (Lipinski definition) is 8. The summed E-state index contributed by atoms with van der Waals surface area (Å²) in [5.41, 5.74) is -1.26. The summed E-state index contributed by atoms with van der Waals surface area (Å²) in [6.45, 7) is 8.23. The molecule has 1 unspecified atom stereocenters. The molecule has 43 heavy (non-hydrogen) atoms. The van der Waals surface area contributed by atoms with Crippen LogP contribution in [0.15, 0.2) is 42.9 Å². The summed E-state index contributed by atoms with van der Waals surface area (Å²) in [5.74, 6) is -1.23. The van der Waals surface area contributed by atoms with E-state index in [1.54, 1.807) is 31.5 Å². The van der Waals surface area contributed by atoms with E-state index in [0.717, 1.165) is 37.7 Å². The lowest BCUT2D eigenvalue weighted by Crippen LogP contribution is -2.59. The normalized spacial score (nSPS) is 15.6. The number of imidazole rings is 1. The number of carbonyl (C=O) groups is 4. The van der Waals surface area contributed by atoms with Gasteiger partial charge in [0.25, 0.3) is 5.91 Å². The Labute approximate surface area is 253 Å². The fourth-order valence-electron chi connectivity index (χ4n) is 4.90. The molecular weight excluding hydrogens is 554 g/mol. The van der Waals surface area contributed by atoms with E-state index in [-0.39, 0.29) is 30.9 Å². The zero-order valence-corrected chi connectivity index (χ0v) is 26.0. The number of nitrogens with zero attached hydrogens (tertiary/aromatic N) is 2. The lowest BCUT2D eigenvalue weighted by atomic mass is 9.84. The van der Waals surface area contributed by atoms with E-state index in [0.29, 0.717) is 0 Å². The van der Waals surface area contributed by atoms with Crippen molar-refractivity contribution in [3.05, 3.63) is 48.4 Å². The molecule has 1 heterocycles. The number of aromatic nitrogens is 2.